The van der Waals surface area contributed by atoms with E-state index in [-0.39, 0.29) is 22.4 Å². The molecule has 2 bridgehead atoms. The van der Waals surface area contributed by atoms with Crippen LogP contribution in [-0.4, -0.2) is 4.37 Å². The molecular formula is C42H53F5N2S. The molecule has 0 unspecified atom stereocenters. The lowest BCUT2D eigenvalue weighted by molar-refractivity contribution is -0.147. The largest absolute Gasteiger partial charge is 0.207 e. The van der Waals surface area contributed by atoms with Crippen molar-refractivity contribution in [2.45, 2.75) is 114 Å². The van der Waals surface area contributed by atoms with Crippen molar-refractivity contribution < 1.29 is 22.0 Å². The first-order valence-electron chi connectivity index (χ1n) is 17.2. The van der Waals surface area contributed by atoms with Crippen molar-refractivity contribution in [2.24, 2.45) is 16.2 Å². The van der Waals surface area contributed by atoms with Crippen LogP contribution in [0.25, 0.3) is 0 Å². The fraction of sp³-hybridized carbons (Fsp3) is 0.476. The van der Waals surface area contributed by atoms with Crippen LogP contribution in [0.2, 0.25) is 0 Å². The van der Waals surface area contributed by atoms with E-state index in [9.17, 15) is 22.0 Å². The Labute approximate surface area is 300 Å². The summed E-state index contributed by atoms with van der Waals surface area (Å²) in [5, 5.41) is 8.55. The van der Waals surface area contributed by atoms with E-state index in [2.05, 4.69) is 45.1 Å². The first kappa shape index (κ1) is 42.6. The summed E-state index contributed by atoms with van der Waals surface area (Å²) in [6.45, 7) is 17.7. The molecule has 0 spiro atoms. The van der Waals surface area contributed by atoms with Crippen LogP contribution in [0.4, 0.5) is 22.0 Å². The summed E-state index contributed by atoms with van der Waals surface area (Å²) in [5.74, 6) is -2.08. The summed E-state index contributed by atoms with van der Waals surface area (Å²) in [4.78, 5) is 1.32. The Bertz CT molecular complexity index is 1480. The van der Waals surface area contributed by atoms with Gasteiger partial charge in [-0.05, 0) is 143 Å². The predicted molar refractivity (Wildman–Crippen MR) is 197 cm³/mol. The molecule has 0 amide bonds. The van der Waals surface area contributed by atoms with E-state index >= 15 is 0 Å². The van der Waals surface area contributed by atoms with E-state index in [1.54, 1.807) is 24.5 Å². The van der Waals surface area contributed by atoms with E-state index in [0.29, 0.717) is 10.8 Å². The van der Waals surface area contributed by atoms with Crippen molar-refractivity contribution in [1.29, 1.82) is 5.26 Å². The molecule has 4 fully saturated rings. The average molecular weight is 713 g/mol. The van der Waals surface area contributed by atoms with E-state index in [0.717, 1.165) is 11.1 Å². The van der Waals surface area contributed by atoms with Gasteiger partial charge in [-0.25, -0.2) is 26.3 Å². The minimum atomic E-state index is -0.491. The van der Waals surface area contributed by atoms with Crippen molar-refractivity contribution in [3.8, 4) is 6.07 Å². The third kappa shape index (κ3) is 13.3. The molecule has 4 aliphatic rings. The topological polar surface area (TPSA) is 36.7 Å². The van der Waals surface area contributed by atoms with Gasteiger partial charge in [-0.3, -0.25) is 0 Å². The van der Waals surface area contributed by atoms with Crippen LogP contribution in [0.5, 0.6) is 0 Å². The van der Waals surface area contributed by atoms with E-state index in [4.69, 9.17) is 5.26 Å². The zero-order valence-electron chi connectivity index (χ0n) is 31.1. The SMILES string of the molecule is CC1(C)CCCCC1.CC12CC(C#N)(C1)C2.Cc1c(F)cccc1F.Cc1c(F)cccc1F.Cc1cccc(F)c1C.Cc1cnsc1C. The normalized spacial score (nSPS) is 20.3. The van der Waals surface area contributed by atoms with Gasteiger partial charge in [0.15, 0.2) is 0 Å². The van der Waals surface area contributed by atoms with Gasteiger partial charge >= 0.3 is 0 Å². The second-order valence-electron chi connectivity index (χ2n) is 14.9. The second kappa shape index (κ2) is 19.2. The molecule has 4 aliphatic carbocycles. The molecule has 50 heavy (non-hydrogen) atoms. The predicted octanol–water partition coefficient (Wildman–Crippen LogP) is 13.4. The van der Waals surface area contributed by atoms with Crippen LogP contribution in [0.1, 0.15) is 105 Å². The monoisotopic (exact) mass is 712 g/mol. The zero-order valence-corrected chi connectivity index (χ0v) is 31.9. The summed E-state index contributed by atoms with van der Waals surface area (Å²) < 4.78 is 65.9. The Hall–Kier alpha value is -3.57. The summed E-state index contributed by atoms with van der Waals surface area (Å²) in [6, 6.07) is 15.1. The van der Waals surface area contributed by atoms with Gasteiger partial charge in [-0.2, -0.15) is 5.26 Å². The van der Waals surface area contributed by atoms with E-state index in [1.165, 1.54) is 118 Å². The highest BCUT2D eigenvalue weighted by molar-refractivity contribution is 7.05. The highest BCUT2D eigenvalue weighted by atomic mass is 32.1. The third-order valence-electron chi connectivity index (χ3n) is 9.67. The molecule has 272 valence electrons. The van der Waals surface area contributed by atoms with E-state index in [1.807, 2.05) is 19.2 Å². The number of halogens is 5. The van der Waals surface area contributed by atoms with Crippen LogP contribution in [0, 0.1) is 98.2 Å². The van der Waals surface area contributed by atoms with Gasteiger partial charge in [-0.1, -0.05) is 64.3 Å². The van der Waals surface area contributed by atoms with Gasteiger partial charge in [0.1, 0.15) is 29.1 Å². The summed E-state index contributed by atoms with van der Waals surface area (Å²) in [6.07, 6.45) is 12.7. The number of nitrogens with zero attached hydrogens (tertiary/aromatic N) is 2. The molecular weight excluding hydrogens is 660 g/mol. The first-order chi connectivity index (χ1) is 23.3. The standard InChI is InChI=1S/C8H9F.C8H16.2C7H6F2.C7H9N.C5H7NS/c1-6-4-3-5-8(9)7(6)2;1-8(2)6-4-3-5-7-8;2*1-5-6(8)3-2-4-7(5)9;1-6-2-7(3-6,4-6)5-8;1-4-3-6-7-5(4)2/h3-5H,1-2H3;3-7H2,1-2H3;2*2-4H,1H3;2-4H2,1H3;3H,1-2H3. The Morgan fingerprint density at radius 1 is 0.600 bits per heavy atom. The van der Waals surface area contributed by atoms with Crippen molar-refractivity contribution in [1.82, 2.24) is 4.37 Å². The van der Waals surface area contributed by atoms with Gasteiger partial charge in [0.2, 0.25) is 0 Å². The number of hydrogen-bond acceptors (Lipinski definition) is 3. The molecule has 0 aliphatic heterocycles. The number of nitriles is 1. The lowest BCUT2D eigenvalue weighted by Crippen LogP contribution is -2.58. The average Bonchev–Trinajstić information content (AvgIpc) is 3.42. The Morgan fingerprint density at radius 2 is 1.00 bits per heavy atom. The number of rotatable bonds is 0. The molecule has 4 aromatic rings. The molecule has 8 rings (SSSR count). The van der Waals surface area contributed by atoms with Crippen LogP contribution in [0.15, 0.2) is 60.8 Å². The molecule has 3 aromatic carbocycles. The smallest absolute Gasteiger partial charge is 0.129 e. The van der Waals surface area contributed by atoms with Crippen LogP contribution in [-0.2, 0) is 0 Å². The lowest BCUT2D eigenvalue weighted by atomic mass is 9.36. The molecule has 4 saturated carbocycles. The zero-order chi connectivity index (χ0) is 37.7. The maximum absolute atomic E-state index is 12.6. The number of benzene rings is 3. The van der Waals surface area contributed by atoms with Crippen LogP contribution in [0.3, 0.4) is 0 Å². The van der Waals surface area contributed by atoms with Gasteiger partial charge in [0.25, 0.3) is 0 Å². The fourth-order valence-corrected chi connectivity index (χ4v) is 6.71. The first-order valence-corrected chi connectivity index (χ1v) is 17.9. The Balaban J connectivity index is 0.000000208. The van der Waals surface area contributed by atoms with Crippen molar-refractivity contribution in [3.05, 3.63) is 123 Å². The molecule has 8 heteroatoms. The van der Waals surface area contributed by atoms with E-state index < -0.39 is 23.3 Å². The van der Waals surface area contributed by atoms with Gasteiger partial charge in [-0.15, -0.1) is 0 Å². The maximum Gasteiger partial charge on any atom is 0.129 e. The molecule has 1 heterocycles. The van der Waals surface area contributed by atoms with Crippen molar-refractivity contribution in [3.63, 3.8) is 0 Å². The Morgan fingerprint density at radius 3 is 1.20 bits per heavy atom. The number of aromatic nitrogens is 1. The second-order valence-corrected chi connectivity index (χ2v) is 15.9. The summed E-state index contributed by atoms with van der Waals surface area (Å²) >= 11 is 1.55. The summed E-state index contributed by atoms with van der Waals surface area (Å²) in [7, 11) is 0. The summed E-state index contributed by atoms with van der Waals surface area (Å²) in [5.41, 5.74) is 4.68. The van der Waals surface area contributed by atoms with Crippen molar-refractivity contribution >= 4 is 11.5 Å². The molecule has 0 N–H and O–H groups in total. The number of aryl methyl sites for hydroxylation is 3. The molecule has 2 nitrogen and oxygen atoms in total. The molecule has 0 saturated heterocycles. The molecule has 1 aromatic heterocycles. The van der Waals surface area contributed by atoms with Gasteiger partial charge in [0.05, 0.1) is 11.5 Å². The quantitative estimate of drug-likeness (QED) is 0.170. The van der Waals surface area contributed by atoms with Crippen LogP contribution < -0.4 is 0 Å². The third-order valence-corrected chi connectivity index (χ3v) is 10.5. The van der Waals surface area contributed by atoms with Gasteiger partial charge < -0.3 is 0 Å². The van der Waals surface area contributed by atoms with Crippen LogP contribution >= 0.6 is 11.5 Å². The minimum Gasteiger partial charge on any atom is -0.207 e. The van der Waals surface area contributed by atoms with Crippen molar-refractivity contribution in [2.75, 3.05) is 0 Å². The van der Waals surface area contributed by atoms with Gasteiger partial charge in [0, 0.05) is 22.2 Å². The Kier molecular flexibility index (Phi) is 16.3. The lowest BCUT2D eigenvalue weighted by Gasteiger charge is -2.65. The number of hydrogen-bond donors (Lipinski definition) is 0. The highest BCUT2D eigenvalue weighted by Gasteiger charge is 2.65. The molecule has 0 atom stereocenters. The molecule has 0 radical (unpaired) electrons. The highest BCUT2D eigenvalue weighted by Crippen LogP contribution is 2.72. The minimum absolute atomic E-state index is 0.0810. The fourth-order valence-electron chi connectivity index (χ4n) is 6.15. The maximum atomic E-state index is 12.6.